The molecule has 0 bridgehead atoms. The number of methoxy groups -OCH3 is 1. The standard InChI is InChI=1S/C23H17ClF3N3O2/c1-31-19-9-6-13(21-16-11-15(24)7-8-18(16)29-22(28)30-21)10-20(19)32-12-14-4-2-3-5-17(14)23(25,26)27/h2-11H,12H2,1H3,(H2,28,29,30). The van der Waals surface area contributed by atoms with E-state index in [9.17, 15) is 13.2 Å². The maximum atomic E-state index is 13.3. The van der Waals surface area contributed by atoms with Crippen molar-refractivity contribution in [3.05, 3.63) is 76.8 Å². The second-order valence-electron chi connectivity index (χ2n) is 6.90. The topological polar surface area (TPSA) is 70.3 Å². The van der Waals surface area contributed by atoms with Crippen molar-refractivity contribution < 1.29 is 22.6 Å². The third kappa shape index (κ3) is 4.40. The Bertz CT molecular complexity index is 1300. The molecule has 5 nitrogen and oxygen atoms in total. The fourth-order valence-electron chi connectivity index (χ4n) is 3.35. The van der Waals surface area contributed by atoms with Crippen LogP contribution in [0.4, 0.5) is 19.1 Å². The molecule has 0 aliphatic heterocycles. The van der Waals surface area contributed by atoms with Gasteiger partial charge in [0.25, 0.3) is 0 Å². The van der Waals surface area contributed by atoms with Crippen molar-refractivity contribution in [2.45, 2.75) is 12.8 Å². The SMILES string of the molecule is COc1ccc(-c2nc(N)nc3ccc(Cl)cc23)cc1OCc1ccccc1C(F)(F)F. The molecule has 4 aromatic rings. The first-order chi connectivity index (χ1) is 15.3. The highest BCUT2D eigenvalue weighted by Gasteiger charge is 2.33. The first-order valence-electron chi connectivity index (χ1n) is 9.45. The molecule has 0 atom stereocenters. The molecule has 4 rings (SSSR count). The van der Waals surface area contributed by atoms with Crippen LogP contribution in [0.15, 0.2) is 60.7 Å². The molecule has 2 N–H and O–H groups in total. The molecule has 1 aromatic heterocycles. The van der Waals surface area contributed by atoms with E-state index in [-0.39, 0.29) is 23.9 Å². The minimum atomic E-state index is -4.48. The molecular formula is C23H17ClF3N3O2. The second kappa shape index (κ2) is 8.55. The van der Waals surface area contributed by atoms with Crippen LogP contribution in [0.2, 0.25) is 5.02 Å². The van der Waals surface area contributed by atoms with Gasteiger partial charge in [-0.25, -0.2) is 9.97 Å². The van der Waals surface area contributed by atoms with E-state index in [0.29, 0.717) is 32.9 Å². The first-order valence-corrected chi connectivity index (χ1v) is 9.83. The number of hydrogen-bond donors (Lipinski definition) is 1. The van der Waals surface area contributed by atoms with Crippen molar-refractivity contribution in [1.29, 1.82) is 0 Å². The summed E-state index contributed by atoms with van der Waals surface area (Å²) in [5.41, 5.74) is 6.86. The molecule has 0 fully saturated rings. The van der Waals surface area contributed by atoms with Gasteiger partial charge >= 0.3 is 6.18 Å². The fraction of sp³-hybridized carbons (Fsp3) is 0.130. The van der Waals surface area contributed by atoms with E-state index in [0.717, 1.165) is 6.07 Å². The minimum absolute atomic E-state index is 0.0102. The lowest BCUT2D eigenvalue weighted by atomic mass is 10.1. The minimum Gasteiger partial charge on any atom is -0.493 e. The zero-order valence-corrected chi connectivity index (χ0v) is 17.5. The van der Waals surface area contributed by atoms with Crippen LogP contribution in [0.25, 0.3) is 22.2 Å². The van der Waals surface area contributed by atoms with Gasteiger partial charge in [0.2, 0.25) is 5.95 Å². The summed E-state index contributed by atoms with van der Waals surface area (Å²) in [6.07, 6.45) is -4.48. The summed E-state index contributed by atoms with van der Waals surface area (Å²) < 4.78 is 51.0. The number of rotatable bonds is 5. The number of hydrogen-bond acceptors (Lipinski definition) is 5. The number of halogens is 4. The Morgan fingerprint density at radius 1 is 0.969 bits per heavy atom. The quantitative estimate of drug-likeness (QED) is 0.388. The summed E-state index contributed by atoms with van der Waals surface area (Å²) in [5.74, 6) is 0.698. The molecule has 3 aromatic carbocycles. The van der Waals surface area contributed by atoms with Crippen LogP contribution in [-0.4, -0.2) is 17.1 Å². The van der Waals surface area contributed by atoms with Gasteiger partial charge < -0.3 is 15.2 Å². The van der Waals surface area contributed by atoms with Gasteiger partial charge in [0.1, 0.15) is 6.61 Å². The number of nitrogens with two attached hydrogens (primary N) is 1. The number of anilines is 1. The number of nitrogens with zero attached hydrogens (tertiary/aromatic N) is 2. The predicted molar refractivity (Wildman–Crippen MR) is 117 cm³/mol. The highest BCUT2D eigenvalue weighted by atomic mass is 35.5. The van der Waals surface area contributed by atoms with E-state index in [1.165, 1.54) is 25.3 Å². The third-order valence-corrected chi connectivity index (χ3v) is 5.05. The summed E-state index contributed by atoms with van der Waals surface area (Å²) in [5, 5.41) is 1.17. The van der Waals surface area contributed by atoms with Gasteiger partial charge in [-0.2, -0.15) is 13.2 Å². The molecule has 164 valence electrons. The van der Waals surface area contributed by atoms with Crippen molar-refractivity contribution in [3.63, 3.8) is 0 Å². The molecule has 0 unspecified atom stereocenters. The Hall–Kier alpha value is -3.52. The molecule has 0 radical (unpaired) electrons. The Kier molecular flexibility index (Phi) is 5.80. The Labute approximate surface area is 186 Å². The normalized spacial score (nSPS) is 11.5. The summed E-state index contributed by atoms with van der Waals surface area (Å²) in [6.45, 7) is -0.298. The van der Waals surface area contributed by atoms with E-state index >= 15 is 0 Å². The fourth-order valence-corrected chi connectivity index (χ4v) is 3.53. The summed E-state index contributed by atoms with van der Waals surface area (Å²) in [4.78, 5) is 8.55. The predicted octanol–water partition coefficient (Wildman–Crippen LogP) is 6.14. The lowest BCUT2D eigenvalue weighted by Gasteiger charge is -2.16. The Morgan fingerprint density at radius 3 is 2.50 bits per heavy atom. The van der Waals surface area contributed by atoms with Crippen LogP contribution in [0.5, 0.6) is 11.5 Å². The molecule has 32 heavy (non-hydrogen) atoms. The van der Waals surface area contributed by atoms with Gasteiger partial charge in [-0.15, -0.1) is 0 Å². The number of benzene rings is 3. The van der Waals surface area contributed by atoms with Crippen LogP contribution in [-0.2, 0) is 12.8 Å². The van der Waals surface area contributed by atoms with Crippen molar-refractivity contribution in [1.82, 2.24) is 9.97 Å². The molecule has 0 saturated carbocycles. The molecule has 0 amide bonds. The van der Waals surface area contributed by atoms with Gasteiger partial charge in [0.05, 0.1) is 23.9 Å². The average molecular weight is 460 g/mol. The van der Waals surface area contributed by atoms with Gasteiger partial charge in [0.15, 0.2) is 11.5 Å². The van der Waals surface area contributed by atoms with Crippen molar-refractivity contribution in [3.8, 4) is 22.8 Å². The largest absolute Gasteiger partial charge is 0.493 e. The third-order valence-electron chi connectivity index (χ3n) is 4.82. The Morgan fingerprint density at radius 2 is 1.75 bits per heavy atom. The number of fused-ring (bicyclic) bond motifs is 1. The van der Waals surface area contributed by atoms with Crippen LogP contribution in [0, 0.1) is 0 Å². The van der Waals surface area contributed by atoms with Crippen LogP contribution < -0.4 is 15.2 Å². The molecule has 1 heterocycles. The van der Waals surface area contributed by atoms with Crippen LogP contribution in [0.3, 0.4) is 0 Å². The number of nitrogen functional groups attached to an aromatic ring is 1. The highest BCUT2D eigenvalue weighted by Crippen LogP contribution is 2.37. The lowest BCUT2D eigenvalue weighted by molar-refractivity contribution is -0.138. The molecule has 9 heteroatoms. The summed E-state index contributed by atoms with van der Waals surface area (Å²) in [6, 6.07) is 15.4. The Balaban J connectivity index is 1.74. The maximum absolute atomic E-state index is 13.3. The number of alkyl halides is 3. The highest BCUT2D eigenvalue weighted by molar-refractivity contribution is 6.31. The van der Waals surface area contributed by atoms with Crippen LogP contribution in [0.1, 0.15) is 11.1 Å². The van der Waals surface area contributed by atoms with Crippen molar-refractivity contribution >= 4 is 28.5 Å². The smallest absolute Gasteiger partial charge is 0.416 e. The van der Waals surface area contributed by atoms with Crippen molar-refractivity contribution in [2.24, 2.45) is 0 Å². The monoisotopic (exact) mass is 459 g/mol. The zero-order chi connectivity index (χ0) is 22.9. The van der Waals surface area contributed by atoms with E-state index in [1.807, 2.05) is 0 Å². The maximum Gasteiger partial charge on any atom is 0.416 e. The van der Waals surface area contributed by atoms with Gasteiger partial charge in [-0.05, 0) is 42.5 Å². The lowest BCUT2D eigenvalue weighted by Crippen LogP contribution is -2.11. The van der Waals surface area contributed by atoms with E-state index in [2.05, 4.69) is 9.97 Å². The number of ether oxygens (including phenoxy) is 2. The molecular weight excluding hydrogens is 443 g/mol. The first kappa shape index (κ1) is 21.7. The second-order valence-corrected chi connectivity index (χ2v) is 7.34. The molecule has 0 spiro atoms. The number of aromatic nitrogens is 2. The average Bonchev–Trinajstić information content (AvgIpc) is 2.77. The molecule has 0 aliphatic carbocycles. The van der Waals surface area contributed by atoms with Gasteiger partial charge in [-0.3, -0.25) is 0 Å². The van der Waals surface area contributed by atoms with E-state index < -0.39 is 11.7 Å². The van der Waals surface area contributed by atoms with Crippen molar-refractivity contribution in [2.75, 3.05) is 12.8 Å². The van der Waals surface area contributed by atoms with Crippen LogP contribution >= 0.6 is 11.6 Å². The van der Waals surface area contributed by atoms with Gasteiger partial charge in [-0.1, -0.05) is 29.8 Å². The summed E-state index contributed by atoms with van der Waals surface area (Å²) in [7, 11) is 1.45. The summed E-state index contributed by atoms with van der Waals surface area (Å²) >= 11 is 6.14. The van der Waals surface area contributed by atoms with E-state index in [1.54, 1.807) is 36.4 Å². The van der Waals surface area contributed by atoms with E-state index in [4.69, 9.17) is 26.8 Å². The zero-order valence-electron chi connectivity index (χ0n) is 16.8. The molecule has 0 saturated heterocycles. The van der Waals surface area contributed by atoms with Gasteiger partial charge in [0, 0.05) is 21.5 Å². The molecule has 0 aliphatic rings.